The van der Waals surface area contributed by atoms with Crippen LogP contribution in [0.3, 0.4) is 0 Å². The fraction of sp³-hybridized carbons (Fsp3) is 0.273. The van der Waals surface area contributed by atoms with Gasteiger partial charge in [-0.3, -0.25) is 14.2 Å². The molecule has 4 nitrogen and oxygen atoms in total. The maximum atomic E-state index is 11.7. The lowest BCUT2D eigenvalue weighted by Gasteiger charge is -2.01. The van der Waals surface area contributed by atoms with E-state index in [1.807, 2.05) is 25.1 Å². The van der Waals surface area contributed by atoms with Gasteiger partial charge >= 0.3 is 10.8 Å². The number of benzene rings is 1. The molecule has 0 saturated carbocycles. The maximum Gasteiger partial charge on any atom is 0.308 e. The molecule has 0 aliphatic rings. The van der Waals surface area contributed by atoms with Crippen LogP contribution in [-0.4, -0.2) is 15.6 Å². The zero-order valence-corrected chi connectivity index (χ0v) is 9.58. The third kappa shape index (κ3) is 1.99. The van der Waals surface area contributed by atoms with Gasteiger partial charge in [-0.05, 0) is 24.6 Å². The predicted molar refractivity (Wildman–Crippen MR) is 63.1 cm³/mol. The number of hydrogen-bond acceptors (Lipinski definition) is 3. The average Bonchev–Trinajstić information content (AvgIpc) is 2.51. The number of thiazole rings is 1. The molecule has 0 spiro atoms. The van der Waals surface area contributed by atoms with Crippen LogP contribution in [0.1, 0.15) is 12.0 Å². The first-order valence-corrected chi connectivity index (χ1v) is 5.71. The maximum absolute atomic E-state index is 11.7. The van der Waals surface area contributed by atoms with Crippen molar-refractivity contribution in [1.29, 1.82) is 0 Å². The summed E-state index contributed by atoms with van der Waals surface area (Å²) in [6, 6.07) is 5.75. The highest BCUT2D eigenvalue weighted by Crippen LogP contribution is 2.18. The van der Waals surface area contributed by atoms with Gasteiger partial charge in [0.1, 0.15) is 0 Å². The Morgan fingerprint density at radius 3 is 2.94 bits per heavy atom. The van der Waals surface area contributed by atoms with Crippen LogP contribution < -0.4 is 4.87 Å². The number of carboxylic acids is 1. The number of aliphatic carboxylic acids is 1. The van der Waals surface area contributed by atoms with Crippen LogP contribution in [0.15, 0.2) is 23.0 Å². The van der Waals surface area contributed by atoms with E-state index in [0.29, 0.717) is 0 Å². The van der Waals surface area contributed by atoms with Crippen molar-refractivity contribution in [3.8, 4) is 0 Å². The van der Waals surface area contributed by atoms with Gasteiger partial charge in [-0.2, -0.15) is 0 Å². The molecule has 1 heterocycles. The lowest BCUT2D eigenvalue weighted by molar-refractivity contribution is -0.137. The van der Waals surface area contributed by atoms with Crippen LogP contribution in [0.5, 0.6) is 0 Å². The molecule has 84 valence electrons. The van der Waals surface area contributed by atoms with E-state index in [4.69, 9.17) is 5.11 Å². The van der Waals surface area contributed by atoms with Crippen LogP contribution in [-0.2, 0) is 11.3 Å². The fourth-order valence-electron chi connectivity index (χ4n) is 1.59. The lowest BCUT2D eigenvalue weighted by Crippen LogP contribution is -2.15. The molecule has 0 unspecified atom stereocenters. The number of carboxylic acid groups (broad SMARTS) is 1. The quantitative estimate of drug-likeness (QED) is 0.886. The number of nitrogens with zero attached hydrogens (tertiary/aromatic N) is 1. The molecule has 0 fully saturated rings. The third-order valence-corrected chi connectivity index (χ3v) is 3.33. The Bertz CT molecular complexity index is 597. The Kier molecular flexibility index (Phi) is 2.78. The SMILES string of the molecule is Cc1ccc2sc(=O)n(CCC(=O)O)c2c1. The van der Waals surface area contributed by atoms with Gasteiger partial charge in [0.05, 0.1) is 16.6 Å². The summed E-state index contributed by atoms with van der Waals surface area (Å²) in [6.45, 7) is 2.18. The molecule has 0 radical (unpaired) electrons. The topological polar surface area (TPSA) is 59.3 Å². The summed E-state index contributed by atoms with van der Waals surface area (Å²) >= 11 is 1.15. The zero-order chi connectivity index (χ0) is 11.7. The van der Waals surface area contributed by atoms with E-state index in [0.717, 1.165) is 27.1 Å². The van der Waals surface area contributed by atoms with Gasteiger partial charge in [-0.25, -0.2) is 0 Å². The smallest absolute Gasteiger partial charge is 0.308 e. The van der Waals surface area contributed by atoms with E-state index in [2.05, 4.69) is 0 Å². The van der Waals surface area contributed by atoms with Gasteiger partial charge in [0.15, 0.2) is 0 Å². The van der Waals surface area contributed by atoms with Gasteiger partial charge in [-0.1, -0.05) is 17.4 Å². The molecule has 1 aromatic heterocycles. The summed E-state index contributed by atoms with van der Waals surface area (Å²) < 4.78 is 2.43. The monoisotopic (exact) mass is 237 g/mol. The molecule has 0 atom stereocenters. The molecule has 0 aliphatic carbocycles. The average molecular weight is 237 g/mol. The number of hydrogen-bond donors (Lipinski definition) is 1. The Balaban J connectivity index is 2.50. The minimum atomic E-state index is -0.890. The molecular formula is C11H11NO3S. The molecule has 1 aromatic carbocycles. The van der Waals surface area contributed by atoms with Crippen LogP contribution in [0.25, 0.3) is 10.2 Å². The normalized spacial score (nSPS) is 10.8. The van der Waals surface area contributed by atoms with Gasteiger partial charge < -0.3 is 5.11 Å². The Morgan fingerprint density at radius 2 is 2.25 bits per heavy atom. The Hall–Kier alpha value is -1.62. The van der Waals surface area contributed by atoms with Crippen molar-refractivity contribution < 1.29 is 9.90 Å². The van der Waals surface area contributed by atoms with E-state index in [1.54, 1.807) is 0 Å². The van der Waals surface area contributed by atoms with Crippen LogP contribution in [0, 0.1) is 6.92 Å². The molecular weight excluding hydrogens is 226 g/mol. The van der Waals surface area contributed by atoms with E-state index in [1.165, 1.54) is 4.57 Å². The van der Waals surface area contributed by atoms with Crippen molar-refractivity contribution in [3.63, 3.8) is 0 Å². The second-order valence-electron chi connectivity index (χ2n) is 3.63. The van der Waals surface area contributed by atoms with Crippen molar-refractivity contribution in [1.82, 2.24) is 4.57 Å². The largest absolute Gasteiger partial charge is 0.481 e. The summed E-state index contributed by atoms with van der Waals surface area (Å²) in [6.07, 6.45) is -0.0281. The number of aromatic nitrogens is 1. The molecule has 5 heteroatoms. The number of rotatable bonds is 3. The number of fused-ring (bicyclic) bond motifs is 1. The highest BCUT2D eigenvalue weighted by molar-refractivity contribution is 7.16. The molecule has 0 saturated heterocycles. The fourth-order valence-corrected chi connectivity index (χ4v) is 2.49. The van der Waals surface area contributed by atoms with Gasteiger partial charge in [0.2, 0.25) is 0 Å². The van der Waals surface area contributed by atoms with Crippen molar-refractivity contribution >= 4 is 27.5 Å². The van der Waals surface area contributed by atoms with E-state index in [9.17, 15) is 9.59 Å². The first kappa shape index (κ1) is 10.9. The molecule has 0 bridgehead atoms. The van der Waals surface area contributed by atoms with Gasteiger partial charge in [-0.15, -0.1) is 0 Å². The second-order valence-corrected chi connectivity index (χ2v) is 4.63. The summed E-state index contributed by atoms with van der Waals surface area (Å²) in [4.78, 5) is 22.1. The van der Waals surface area contributed by atoms with Crippen LogP contribution in [0.2, 0.25) is 0 Å². The molecule has 0 amide bonds. The van der Waals surface area contributed by atoms with Gasteiger partial charge in [0.25, 0.3) is 0 Å². The Morgan fingerprint density at radius 1 is 1.50 bits per heavy atom. The van der Waals surface area contributed by atoms with E-state index < -0.39 is 5.97 Å². The minimum absolute atomic E-state index is 0.0281. The number of aryl methyl sites for hydroxylation is 2. The van der Waals surface area contributed by atoms with E-state index in [-0.39, 0.29) is 17.8 Å². The van der Waals surface area contributed by atoms with Crippen molar-refractivity contribution in [2.24, 2.45) is 0 Å². The minimum Gasteiger partial charge on any atom is -0.481 e. The second kappa shape index (κ2) is 4.09. The van der Waals surface area contributed by atoms with Crippen molar-refractivity contribution in [3.05, 3.63) is 33.4 Å². The summed E-state index contributed by atoms with van der Waals surface area (Å²) in [5, 5.41) is 8.62. The Labute approximate surface area is 95.8 Å². The summed E-state index contributed by atoms with van der Waals surface area (Å²) in [5.41, 5.74) is 1.89. The molecule has 0 aliphatic heterocycles. The van der Waals surface area contributed by atoms with Gasteiger partial charge in [0, 0.05) is 6.54 Å². The molecule has 2 rings (SSSR count). The highest BCUT2D eigenvalue weighted by Gasteiger charge is 2.08. The number of carbonyl (C=O) groups is 1. The standard InChI is InChI=1S/C11H11NO3S/c1-7-2-3-9-8(6-7)12(11(15)16-9)5-4-10(13)14/h2-3,6H,4-5H2,1H3,(H,13,14). The molecule has 2 aromatic rings. The van der Waals surface area contributed by atoms with Crippen molar-refractivity contribution in [2.45, 2.75) is 19.9 Å². The lowest BCUT2D eigenvalue weighted by atomic mass is 10.2. The van der Waals surface area contributed by atoms with Crippen LogP contribution >= 0.6 is 11.3 Å². The first-order chi connectivity index (χ1) is 7.58. The predicted octanol–water partition coefficient (Wildman–Crippen LogP) is 1.85. The third-order valence-electron chi connectivity index (χ3n) is 2.37. The van der Waals surface area contributed by atoms with E-state index >= 15 is 0 Å². The first-order valence-electron chi connectivity index (χ1n) is 4.90. The zero-order valence-electron chi connectivity index (χ0n) is 8.77. The summed E-state index contributed by atoms with van der Waals surface area (Å²) in [5.74, 6) is -0.890. The van der Waals surface area contributed by atoms with Crippen molar-refractivity contribution in [2.75, 3.05) is 0 Å². The molecule has 1 N–H and O–H groups in total. The van der Waals surface area contributed by atoms with Crippen LogP contribution in [0.4, 0.5) is 0 Å². The summed E-state index contributed by atoms with van der Waals surface area (Å²) in [7, 11) is 0. The molecule has 16 heavy (non-hydrogen) atoms. The highest BCUT2D eigenvalue weighted by atomic mass is 32.1.